The summed E-state index contributed by atoms with van der Waals surface area (Å²) < 4.78 is 5.04. The number of carboxylic acids is 1. The molecule has 0 heterocycles. The highest BCUT2D eigenvalue weighted by atomic mass is 32.2. The maximum atomic E-state index is 11.1. The van der Waals surface area contributed by atoms with Crippen molar-refractivity contribution in [3.63, 3.8) is 0 Å². The predicted molar refractivity (Wildman–Crippen MR) is 71.0 cm³/mol. The first-order valence-corrected chi connectivity index (χ1v) is 6.50. The van der Waals surface area contributed by atoms with E-state index in [-0.39, 0.29) is 5.12 Å². The lowest BCUT2D eigenvalue weighted by atomic mass is 10.0. The zero-order valence-electron chi connectivity index (χ0n) is 10.4. The van der Waals surface area contributed by atoms with Gasteiger partial charge in [-0.25, -0.2) is 0 Å². The van der Waals surface area contributed by atoms with Crippen LogP contribution >= 0.6 is 11.8 Å². The molecule has 4 nitrogen and oxygen atoms in total. The molecule has 0 radical (unpaired) electrons. The lowest BCUT2D eigenvalue weighted by Gasteiger charge is -2.11. The second-order valence-electron chi connectivity index (χ2n) is 3.89. The molecular formula is C13H16O4S. The number of thioether (sulfide) groups is 1. The Morgan fingerprint density at radius 3 is 2.39 bits per heavy atom. The van der Waals surface area contributed by atoms with Gasteiger partial charge in [0.25, 0.3) is 0 Å². The SMILES string of the molecule is COc1ccc(C[C@@H](CSC(C)=O)C(=O)O)cc1. The molecule has 1 N–H and O–H groups in total. The van der Waals surface area contributed by atoms with Crippen LogP contribution in [-0.4, -0.2) is 29.1 Å². The summed E-state index contributed by atoms with van der Waals surface area (Å²) in [6.45, 7) is 1.44. The Kier molecular flexibility index (Phi) is 5.71. The molecule has 5 heteroatoms. The number of carboxylic acid groups (broad SMARTS) is 1. The van der Waals surface area contributed by atoms with Crippen molar-refractivity contribution in [2.45, 2.75) is 13.3 Å². The van der Waals surface area contributed by atoms with Crippen LogP contribution in [0.3, 0.4) is 0 Å². The van der Waals surface area contributed by atoms with Gasteiger partial charge in [0, 0.05) is 12.7 Å². The molecule has 0 fully saturated rings. The van der Waals surface area contributed by atoms with E-state index in [1.807, 2.05) is 12.1 Å². The van der Waals surface area contributed by atoms with Gasteiger partial charge in [-0.15, -0.1) is 0 Å². The third-order valence-corrected chi connectivity index (χ3v) is 3.45. The molecule has 0 amide bonds. The molecule has 0 aliphatic rings. The van der Waals surface area contributed by atoms with Gasteiger partial charge in [0.1, 0.15) is 5.75 Å². The van der Waals surface area contributed by atoms with E-state index in [1.165, 1.54) is 6.92 Å². The van der Waals surface area contributed by atoms with E-state index >= 15 is 0 Å². The Morgan fingerprint density at radius 2 is 1.94 bits per heavy atom. The van der Waals surface area contributed by atoms with Crippen molar-refractivity contribution in [1.82, 2.24) is 0 Å². The van der Waals surface area contributed by atoms with Gasteiger partial charge >= 0.3 is 5.97 Å². The highest BCUT2D eigenvalue weighted by Crippen LogP contribution is 2.18. The van der Waals surface area contributed by atoms with Gasteiger partial charge in [0.15, 0.2) is 5.12 Å². The van der Waals surface area contributed by atoms with E-state index in [4.69, 9.17) is 9.84 Å². The molecular weight excluding hydrogens is 252 g/mol. The Morgan fingerprint density at radius 1 is 1.33 bits per heavy atom. The lowest BCUT2D eigenvalue weighted by Crippen LogP contribution is -2.19. The fourth-order valence-electron chi connectivity index (χ4n) is 1.48. The number of benzene rings is 1. The van der Waals surface area contributed by atoms with Crippen molar-refractivity contribution >= 4 is 22.8 Å². The summed E-state index contributed by atoms with van der Waals surface area (Å²) in [4.78, 5) is 22.0. The molecule has 98 valence electrons. The molecule has 18 heavy (non-hydrogen) atoms. The molecule has 0 saturated carbocycles. The molecule has 0 aliphatic carbocycles. The molecule has 1 atom stereocenters. The number of carbonyl (C=O) groups excluding carboxylic acids is 1. The Balaban J connectivity index is 2.64. The third-order valence-electron chi connectivity index (χ3n) is 2.48. The van der Waals surface area contributed by atoms with Gasteiger partial charge in [-0.05, 0) is 24.1 Å². The highest BCUT2D eigenvalue weighted by Gasteiger charge is 2.18. The number of hydrogen-bond donors (Lipinski definition) is 1. The van der Waals surface area contributed by atoms with Gasteiger partial charge in [0.2, 0.25) is 0 Å². The minimum atomic E-state index is -0.875. The average molecular weight is 268 g/mol. The van der Waals surface area contributed by atoms with Crippen molar-refractivity contribution in [1.29, 1.82) is 0 Å². The zero-order chi connectivity index (χ0) is 13.5. The van der Waals surface area contributed by atoms with Crippen LogP contribution in [0.4, 0.5) is 0 Å². The van der Waals surface area contributed by atoms with Crippen LogP contribution < -0.4 is 4.74 Å². The number of aliphatic carboxylic acids is 1. The van der Waals surface area contributed by atoms with E-state index in [0.717, 1.165) is 23.1 Å². The first kappa shape index (κ1) is 14.6. The quantitative estimate of drug-likeness (QED) is 0.857. The number of methoxy groups -OCH3 is 1. The molecule has 0 aliphatic heterocycles. The second-order valence-corrected chi connectivity index (χ2v) is 5.09. The van der Waals surface area contributed by atoms with Crippen LogP contribution in [0.5, 0.6) is 5.75 Å². The van der Waals surface area contributed by atoms with Crippen LogP contribution in [0.2, 0.25) is 0 Å². The molecule has 1 aromatic carbocycles. The van der Waals surface area contributed by atoms with Crippen LogP contribution in [0.15, 0.2) is 24.3 Å². The standard InChI is InChI=1S/C13H16O4S/c1-9(14)18-8-11(13(15)16)7-10-3-5-12(17-2)6-4-10/h3-6,11H,7-8H2,1-2H3,(H,15,16)/t11-/m0/s1. The van der Waals surface area contributed by atoms with Gasteiger partial charge in [-0.3, -0.25) is 9.59 Å². The van der Waals surface area contributed by atoms with E-state index in [1.54, 1.807) is 19.2 Å². The largest absolute Gasteiger partial charge is 0.497 e. The molecule has 0 bridgehead atoms. The maximum Gasteiger partial charge on any atom is 0.307 e. The molecule has 1 aromatic rings. The Hall–Kier alpha value is -1.49. The fraction of sp³-hybridized carbons (Fsp3) is 0.385. The lowest BCUT2D eigenvalue weighted by molar-refractivity contribution is -0.140. The van der Waals surface area contributed by atoms with Crippen molar-refractivity contribution in [3.8, 4) is 5.75 Å². The topological polar surface area (TPSA) is 63.6 Å². The van der Waals surface area contributed by atoms with Gasteiger partial charge in [-0.2, -0.15) is 0 Å². The van der Waals surface area contributed by atoms with Gasteiger partial charge in [0.05, 0.1) is 13.0 Å². The van der Waals surface area contributed by atoms with Gasteiger partial charge in [-0.1, -0.05) is 23.9 Å². The first-order valence-electron chi connectivity index (χ1n) is 5.52. The monoisotopic (exact) mass is 268 g/mol. The van der Waals surface area contributed by atoms with Gasteiger partial charge < -0.3 is 9.84 Å². The van der Waals surface area contributed by atoms with Crippen LogP contribution in [0, 0.1) is 5.92 Å². The third kappa shape index (κ3) is 4.79. The molecule has 0 spiro atoms. The summed E-state index contributed by atoms with van der Waals surface area (Å²) >= 11 is 1.05. The summed E-state index contributed by atoms with van der Waals surface area (Å²) in [6.07, 6.45) is 0.416. The fourth-order valence-corrected chi connectivity index (χ4v) is 2.18. The first-order chi connectivity index (χ1) is 8.52. The predicted octanol–water partition coefficient (Wildman–Crippen LogP) is 2.22. The number of rotatable bonds is 6. The zero-order valence-corrected chi connectivity index (χ0v) is 11.2. The second kappa shape index (κ2) is 7.06. The van der Waals surface area contributed by atoms with E-state index in [2.05, 4.69) is 0 Å². The number of ether oxygens (including phenoxy) is 1. The molecule has 1 rings (SSSR count). The minimum Gasteiger partial charge on any atom is -0.497 e. The minimum absolute atomic E-state index is 0.0593. The van der Waals surface area contributed by atoms with Crippen LogP contribution in [0.25, 0.3) is 0 Å². The summed E-state index contributed by atoms with van der Waals surface area (Å²) in [6, 6.07) is 7.28. The van der Waals surface area contributed by atoms with Crippen molar-refractivity contribution in [2.75, 3.05) is 12.9 Å². The molecule has 0 unspecified atom stereocenters. The number of hydrogen-bond acceptors (Lipinski definition) is 4. The van der Waals surface area contributed by atoms with E-state index in [9.17, 15) is 9.59 Å². The highest BCUT2D eigenvalue weighted by molar-refractivity contribution is 8.13. The Bertz CT molecular complexity index is 414. The summed E-state index contributed by atoms with van der Waals surface area (Å²) in [5.41, 5.74) is 0.923. The van der Waals surface area contributed by atoms with Crippen molar-refractivity contribution < 1.29 is 19.4 Å². The Labute approximate surface area is 110 Å². The van der Waals surface area contributed by atoms with Crippen LogP contribution in [0.1, 0.15) is 12.5 Å². The number of carbonyl (C=O) groups is 2. The van der Waals surface area contributed by atoms with E-state index in [0.29, 0.717) is 12.2 Å². The summed E-state index contributed by atoms with van der Waals surface area (Å²) in [7, 11) is 1.58. The maximum absolute atomic E-state index is 11.1. The summed E-state index contributed by atoms with van der Waals surface area (Å²) in [5.74, 6) is -0.382. The molecule has 0 saturated heterocycles. The van der Waals surface area contributed by atoms with Crippen molar-refractivity contribution in [2.24, 2.45) is 5.92 Å². The summed E-state index contributed by atoms with van der Waals surface area (Å²) in [5, 5.41) is 9.04. The van der Waals surface area contributed by atoms with Crippen molar-refractivity contribution in [3.05, 3.63) is 29.8 Å². The average Bonchev–Trinajstić information content (AvgIpc) is 2.34. The normalized spacial score (nSPS) is 11.9. The smallest absolute Gasteiger partial charge is 0.307 e. The molecule has 0 aromatic heterocycles. The van der Waals surface area contributed by atoms with E-state index < -0.39 is 11.9 Å². The van der Waals surface area contributed by atoms with Crippen LogP contribution in [-0.2, 0) is 16.0 Å².